The summed E-state index contributed by atoms with van der Waals surface area (Å²) >= 11 is 12.3. The van der Waals surface area contributed by atoms with E-state index in [9.17, 15) is 9.59 Å². The Hall–Kier alpha value is -2.30. The number of hydrogen-bond acceptors (Lipinski definition) is 3. The Kier molecular flexibility index (Phi) is 4.84. The van der Waals surface area contributed by atoms with E-state index in [2.05, 4.69) is 0 Å². The molecular formula is C19H15Cl2NO3. The molecule has 0 aliphatic carbocycles. The molecule has 0 unspecified atom stereocenters. The Balaban J connectivity index is 1.97. The number of carbonyl (C=O) groups excluding carboxylic acids is 2. The van der Waals surface area contributed by atoms with E-state index in [0.29, 0.717) is 28.6 Å². The number of aryl methyl sites for hydroxylation is 1. The van der Waals surface area contributed by atoms with Crippen LogP contribution in [-0.2, 0) is 9.59 Å². The maximum atomic E-state index is 12.8. The van der Waals surface area contributed by atoms with Crippen LogP contribution in [0, 0.1) is 6.92 Å². The lowest BCUT2D eigenvalue weighted by Crippen LogP contribution is -2.31. The second kappa shape index (κ2) is 6.90. The number of amides is 2. The highest BCUT2D eigenvalue weighted by molar-refractivity contribution is 6.60. The Labute approximate surface area is 155 Å². The molecule has 6 heteroatoms. The third kappa shape index (κ3) is 3.15. The third-order valence-corrected chi connectivity index (χ3v) is 4.65. The van der Waals surface area contributed by atoms with Crippen LogP contribution in [0.4, 0.5) is 5.69 Å². The van der Waals surface area contributed by atoms with Gasteiger partial charge in [-0.1, -0.05) is 41.4 Å². The molecule has 1 heterocycles. The van der Waals surface area contributed by atoms with Crippen molar-refractivity contribution in [2.24, 2.45) is 0 Å². The number of nitrogens with zero attached hydrogens (tertiary/aromatic N) is 1. The van der Waals surface area contributed by atoms with Crippen LogP contribution in [0.2, 0.25) is 5.02 Å². The maximum absolute atomic E-state index is 12.8. The van der Waals surface area contributed by atoms with Gasteiger partial charge < -0.3 is 4.74 Å². The van der Waals surface area contributed by atoms with E-state index in [1.54, 1.807) is 42.5 Å². The molecule has 0 atom stereocenters. The normalized spacial score (nSPS) is 14.5. The van der Waals surface area contributed by atoms with Crippen molar-refractivity contribution in [3.8, 4) is 5.75 Å². The van der Waals surface area contributed by atoms with Crippen molar-refractivity contribution in [1.82, 2.24) is 0 Å². The van der Waals surface area contributed by atoms with Gasteiger partial charge in [0, 0.05) is 5.02 Å². The number of halogens is 2. The lowest BCUT2D eigenvalue weighted by Gasteiger charge is -2.16. The summed E-state index contributed by atoms with van der Waals surface area (Å²) in [6.45, 7) is 4.27. The molecule has 0 saturated heterocycles. The molecule has 25 heavy (non-hydrogen) atoms. The van der Waals surface area contributed by atoms with Gasteiger partial charge in [0.05, 0.1) is 17.9 Å². The van der Waals surface area contributed by atoms with Gasteiger partial charge in [0.2, 0.25) is 0 Å². The minimum atomic E-state index is -0.560. The average molecular weight is 376 g/mol. The molecule has 2 aromatic carbocycles. The fourth-order valence-electron chi connectivity index (χ4n) is 2.59. The zero-order valence-electron chi connectivity index (χ0n) is 13.7. The Morgan fingerprint density at radius 1 is 1.00 bits per heavy atom. The molecule has 0 bridgehead atoms. The van der Waals surface area contributed by atoms with Gasteiger partial charge in [-0.25, -0.2) is 4.90 Å². The monoisotopic (exact) mass is 375 g/mol. The molecule has 3 rings (SSSR count). The van der Waals surface area contributed by atoms with Gasteiger partial charge >= 0.3 is 0 Å². The summed E-state index contributed by atoms with van der Waals surface area (Å²) < 4.78 is 5.39. The predicted octanol–water partition coefficient (Wildman–Crippen LogP) is 4.57. The standard InChI is InChI=1S/C19H15Cl2NO3/c1-3-25-14-8-5-12(6-9-14)16-17(21)19(24)22(18(16)23)13-7-4-11(2)15(20)10-13/h4-10H,3H2,1-2H3. The van der Waals surface area contributed by atoms with E-state index in [0.717, 1.165) is 10.5 Å². The van der Waals surface area contributed by atoms with E-state index in [1.165, 1.54) is 0 Å². The number of ether oxygens (including phenoxy) is 1. The molecular weight excluding hydrogens is 361 g/mol. The quantitative estimate of drug-likeness (QED) is 0.735. The van der Waals surface area contributed by atoms with Crippen LogP contribution in [0.5, 0.6) is 5.75 Å². The first-order valence-corrected chi connectivity index (χ1v) is 8.47. The smallest absolute Gasteiger partial charge is 0.277 e. The molecule has 0 radical (unpaired) electrons. The predicted molar refractivity (Wildman–Crippen MR) is 99.1 cm³/mol. The summed E-state index contributed by atoms with van der Waals surface area (Å²) in [5, 5.41) is 0.370. The molecule has 2 amide bonds. The Morgan fingerprint density at radius 2 is 1.68 bits per heavy atom. The topological polar surface area (TPSA) is 46.6 Å². The van der Waals surface area contributed by atoms with Gasteiger partial charge in [-0.15, -0.1) is 0 Å². The van der Waals surface area contributed by atoms with E-state index < -0.39 is 11.8 Å². The van der Waals surface area contributed by atoms with Crippen LogP contribution in [0.15, 0.2) is 47.5 Å². The number of carbonyl (C=O) groups is 2. The lowest BCUT2D eigenvalue weighted by atomic mass is 10.1. The van der Waals surface area contributed by atoms with Crippen LogP contribution in [0.1, 0.15) is 18.1 Å². The fourth-order valence-corrected chi connectivity index (χ4v) is 3.04. The van der Waals surface area contributed by atoms with Crippen LogP contribution < -0.4 is 9.64 Å². The molecule has 0 fully saturated rings. The lowest BCUT2D eigenvalue weighted by molar-refractivity contribution is -0.119. The first-order chi connectivity index (χ1) is 11.9. The van der Waals surface area contributed by atoms with Crippen LogP contribution in [-0.4, -0.2) is 18.4 Å². The van der Waals surface area contributed by atoms with Crippen molar-refractivity contribution < 1.29 is 14.3 Å². The minimum absolute atomic E-state index is 0.106. The number of rotatable bonds is 4. The van der Waals surface area contributed by atoms with Crippen molar-refractivity contribution in [3.05, 3.63) is 63.6 Å². The second-order valence-corrected chi connectivity index (χ2v) is 6.31. The first-order valence-electron chi connectivity index (χ1n) is 7.72. The summed E-state index contributed by atoms with van der Waals surface area (Å²) in [7, 11) is 0. The number of hydrogen-bond donors (Lipinski definition) is 0. The maximum Gasteiger partial charge on any atom is 0.277 e. The van der Waals surface area contributed by atoms with E-state index in [4.69, 9.17) is 27.9 Å². The molecule has 4 nitrogen and oxygen atoms in total. The molecule has 1 aliphatic rings. The molecule has 0 spiro atoms. The Bertz CT molecular complexity index is 888. The summed E-state index contributed by atoms with van der Waals surface area (Å²) in [6.07, 6.45) is 0. The summed E-state index contributed by atoms with van der Waals surface area (Å²) in [5.41, 5.74) is 1.99. The molecule has 0 aromatic heterocycles. The van der Waals surface area contributed by atoms with E-state index in [1.807, 2.05) is 13.8 Å². The van der Waals surface area contributed by atoms with Crippen LogP contribution in [0.3, 0.4) is 0 Å². The Morgan fingerprint density at radius 3 is 2.28 bits per heavy atom. The zero-order chi connectivity index (χ0) is 18.1. The summed E-state index contributed by atoms with van der Waals surface area (Å²) in [6, 6.07) is 11.9. The van der Waals surface area contributed by atoms with Crippen molar-refractivity contribution in [3.63, 3.8) is 0 Å². The molecule has 0 saturated carbocycles. The van der Waals surface area contributed by atoms with Gasteiger partial charge in [-0.05, 0) is 49.2 Å². The third-order valence-electron chi connectivity index (χ3n) is 3.89. The number of anilines is 1. The highest BCUT2D eigenvalue weighted by Gasteiger charge is 2.39. The van der Waals surface area contributed by atoms with Gasteiger partial charge in [0.1, 0.15) is 10.8 Å². The highest BCUT2D eigenvalue weighted by atomic mass is 35.5. The van der Waals surface area contributed by atoms with Crippen LogP contribution in [0.25, 0.3) is 5.57 Å². The van der Waals surface area contributed by atoms with Gasteiger partial charge in [-0.3, -0.25) is 9.59 Å². The molecule has 0 N–H and O–H groups in total. The van der Waals surface area contributed by atoms with E-state index in [-0.39, 0.29) is 10.6 Å². The summed E-state index contributed by atoms with van der Waals surface area (Å²) in [5.74, 6) is -0.350. The molecule has 1 aliphatic heterocycles. The van der Waals surface area contributed by atoms with Gasteiger partial charge in [0.25, 0.3) is 11.8 Å². The highest BCUT2D eigenvalue weighted by Crippen LogP contribution is 2.36. The van der Waals surface area contributed by atoms with Crippen molar-refractivity contribution in [1.29, 1.82) is 0 Å². The average Bonchev–Trinajstić information content (AvgIpc) is 2.81. The fraction of sp³-hybridized carbons (Fsp3) is 0.158. The van der Waals surface area contributed by atoms with Gasteiger partial charge in [-0.2, -0.15) is 0 Å². The van der Waals surface area contributed by atoms with Crippen LogP contribution >= 0.6 is 23.2 Å². The van der Waals surface area contributed by atoms with Crippen molar-refractivity contribution in [2.75, 3.05) is 11.5 Å². The summed E-state index contributed by atoms with van der Waals surface area (Å²) in [4.78, 5) is 26.4. The molecule has 128 valence electrons. The SMILES string of the molecule is CCOc1ccc(C2=C(Cl)C(=O)N(c3ccc(C)c(Cl)c3)C2=O)cc1. The van der Waals surface area contributed by atoms with Crippen molar-refractivity contribution >= 4 is 46.3 Å². The van der Waals surface area contributed by atoms with Gasteiger partial charge in [0.15, 0.2) is 0 Å². The first kappa shape index (κ1) is 17.5. The number of imide groups is 1. The minimum Gasteiger partial charge on any atom is -0.494 e. The molecule has 2 aromatic rings. The number of benzene rings is 2. The largest absolute Gasteiger partial charge is 0.494 e. The van der Waals surface area contributed by atoms with Crippen molar-refractivity contribution in [2.45, 2.75) is 13.8 Å². The van der Waals surface area contributed by atoms with E-state index >= 15 is 0 Å². The second-order valence-electron chi connectivity index (χ2n) is 5.53. The zero-order valence-corrected chi connectivity index (χ0v) is 15.2.